The lowest BCUT2D eigenvalue weighted by molar-refractivity contribution is 0.0945. The molecule has 98 valence electrons. The summed E-state index contributed by atoms with van der Waals surface area (Å²) >= 11 is 3.40. The minimum Gasteiger partial charge on any atom is -0.395 e. The van der Waals surface area contributed by atoms with Gasteiger partial charge < -0.3 is 5.11 Å². The number of aliphatic hydroxyl groups excluding tert-OH is 1. The van der Waals surface area contributed by atoms with E-state index >= 15 is 0 Å². The Kier molecular flexibility index (Phi) is 4.92. The van der Waals surface area contributed by atoms with E-state index in [9.17, 15) is 9.90 Å². The van der Waals surface area contributed by atoms with Gasteiger partial charge in [-0.2, -0.15) is 0 Å². The van der Waals surface area contributed by atoms with E-state index < -0.39 is 0 Å². The molecular formula is C14H18BrNO2. The Labute approximate surface area is 116 Å². The van der Waals surface area contributed by atoms with Crippen molar-refractivity contribution in [2.75, 3.05) is 19.7 Å². The fourth-order valence-corrected chi connectivity index (χ4v) is 2.97. The number of benzene rings is 1. The van der Waals surface area contributed by atoms with Crippen LogP contribution in [0.15, 0.2) is 28.7 Å². The minimum atomic E-state index is 0.158. The summed E-state index contributed by atoms with van der Waals surface area (Å²) < 4.78 is 0.857. The number of hydrogen-bond donors (Lipinski definition) is 1. The zero-order valence-electron chi connectivity index (χ0n) is 10.3. The van der Waals surface area contributed by atoms with Gasteiger partial charge in [-0.15, -0.1) is 0 Å². The van der Waals surface area contributed by atoms with E-state index in [0.29, 0.717) is 6.42 Å². The van der Waals surface area contributed by atoms with Gasteiger partial charge in [-0.25, -0.2) is 0 Å². The normalized spacial score (nSPS) is 20.2. The summed E-state index contributed by atoms with van der Waals surface area (Å²) in [5, 5.41) is 9.23. The van der Waals surface area contributed by atoms with Crippen LogP contribution in [-0.2, 0) is 0 Å². The zero-order valence-corrected chi connectivity index (χ0v) is 11.9. The van der Waals surface area contributed by atoms with Gasteiger partial charge in [0.25, 0.3) is 0 Å². The largest absolute Gasteiger partial charge is 0.395 e. The molecule has 1 unspecified atom stereocenters. The molecule has 0 amide bonds. The number of carbonyl (C=O) groups excluding carboxylic acids is 1. The zero-order chi connectivity index (χ0) is 13.0. The van der Waals surface area contributed by atoms with Crippen LogP contribution in [0, 0.1) is 0 Å². The van der Waals surface area contributed by atoms with Gasteiger partial charge in [-0.05, 0) is 25.5 Å². The summed E-state index contributed by atoms with van der Waals surface area (Å²) in [5.41, 5.74) is 0.747. The average Bonchev–Trinajstić information content (AvgIpc) is 2.84. The molecule has 3 nitrogen and oxygen atoms in total. The number of rotatable bonds is 5. The van der Waals surface area contributed by atoms with Crippen molar-refractivity contribution < 1.29 is 9.90 Å². The number of ketones is 1. The molecule has 0 radical (unpaired) electrons. The molecular weight excluding hydrogens is 294 g/mol. The van der Waals surface area contributed by atoms with Crippen LogP contribution >= 0.6 is 15.9 Å². The van der Waals surface area contributed by atoms with Crippen molar-refractivity contribution in [2.24, 2.45) is 0 Å². The number of nitrogens with zero attached hydrogens (tertiary/aromatic N) is 1. The molecule has 0 aliphatic carbocycles. The van der Waals surface area contributed by atoms with Gasteiger partial charge in [0.15, 0.2) is 5.78 Å². The molecule has 1 atom stereocenters. The van der Waals surface area contributed by atoms with E-state index in [-0.39, 0.29) is 18.4 Å². The number of Topliss-reactive ketones (excluding diaryl/α,β-unsaturated/α-hetero) is 1. The summed E-state index contributed by atoms with van der Waals surface area (Å²) in [6.07, 6.45) is 2.67. The fourth-order valence-electron chi connectivity index (χ4n) is 2.46. The Bertz CT molecular complexity index is 422. The molecule has 0 aromatic heterocycles. The van der Waals surface area contributed by atoms with Gasteiger partial charge in [0.2, 0.25) is 0 Å². The number of carbonyl (C=O) groups is 1. The summed E-state index contributed by atoms with van der Waals surface area (Å²) in [6, 6.07) is 7.77. The monoisotopic (exact) mass is 311 g/mol. The Morgan fingerprint density at radius 2 is 2.22 bits per heavy atom. The van der Waals surface area contributed by atoms with Crippen LogP contribution in [0.5, 0.6) is 0 Å². The maximum Gasteiger partial charge on any atom is 0.165 e. The second kappa shape index (κ2) is 6.45. The lowest BCUT2D eigenvalue weighted by atomic mass is 10.1. The van der Waals surface area contributed by atoms with Crippen molar-refractivity contribution in [2.45, 2.75) is 25.3 Å². The summed E-state index contributed by atoms with van der Waals surface area (Å²) in [7, 11) is 0. The molecule has 1 N–H and O–H groups in total. The first-order valence-electron chi connectivity index (χ1n) is 6.35. The van der Waals surface area contributed by atoms with Gasteiger partial charge in [0.1, 0.15) is 0 Å². The molecule has 4 heteroatoms. The number of hydrogen-bond acceptors (Lipinski definition) is 3. The van der Waals surface area contributed by atoms with Crippen molar-refractivity contribution >= 4 is 21.7 Å². The predicted molar refractivity (Wildman–Crippen MR) is 74.8 cm³/mol. The Balaban J connectivity index is 1.91. The maximum absolute atomic E-state index is 12.1. The van der Waals surface area contributed by atoms with Crippen molar-refractivity contribution in [1.82, 2.24) is 4.90 Å². The molecule has 1 heterocycles. The fraction of sp³-hybridized carbons (Fsp3) is 0.500. The molecule has 0 saturated carbocycles. The van der Waals surface area contributed by atoms with Gasteiger partial charge in [0, 0.05) is 29.0 Å². The van der Waals surface area contributed by atoms with Gasteiger partial charge in [0.05, 0.1) is 6.61 Å². The third-order valence-electron chi connectivity index (χ3n) is 3.51. The second-order valence-electron chi connectivity index (χ2n) is 4.67. The van der Waals surface area contributed by atoms with E-state index in [2.05, 4.69) is 20.8 Å². The van der Waals surface area contributed by atoms with Gasteiger partial charge >= 0.3 is 0 Å². The molecule has 1 aromatic rings. The maximum atomic E-state index is 12.1. The lowest BCUT2D eigenvalue weighted by Gasteiger charge is -2.22. The number of likely N-dealkylation sites (tertiary alicyclic amines) is 1. The topological polar surface area (TPSA) is 40.5 Å². The van der Waals surface area contributed by atoms with Crippen molar-refractivity contribution in [3.8, 4) is 0 Å². The standard InChI is InChI=1S/C14H18BrNO2/c15-13-6-2-1-5-12(13)14(18)7-9-16-8-3-4-11(16)10-17/h1-2,5-6,11,17H,3-4,7-10H2. The molecule has 1 aliphatic heterocycles. The highest BCUT2D eigenvalue weighted by Gasteiger charge is 2.24. The van der Waals surface area contributed by atoms with E-state index in [1.54, 1.807) is 0 Å². The molecule has 0 spiro atoms. The van der Waals surface area contributed by atoms with Crippen LogP contribution in [0.3, 0.4) is 0 Å². The SMILES string of the molecule is O=C(CCN1CCCC1CO)c1ccccc1Br. The van der Waals surface area contributed by atoms with E-state index in [4.69, 9.17) is 0 Å². The van der Waals surface area contributed by atoms with Crippen molar-refractivity contribution in [3.63, 3.8) is 0 Å². The first-order chi connectivity index (χ1) is 8.72. The van der Waals surface area contributed by atoms with Crippen LogP contribution in [-0.4, -0.2) is 41.5 Å². The van der Waals surface area contributed by atoms with Crippen LogP contribution in [0.4, 0.5) is 0 Å². The summed E-state index contributed by atoms with van der Waals surface area (Å²) in [4.78, 5) is 14.3. The van der Waals surface area contributed by atoms with Crippen LogP contribution in [0.2, 0.25) is 0 Å². The molecule has 0 bridgehead atoms. The van der Waals surface area contributed by atoms with Crippen LogP contribution in [0.1, 0.15) is 29.6 Å². The molecule has 1 aromatic carbocycles. The Hall–Kier alpha value is -0.710. The van der Waals surface area contributed by atoms with Crippen molar-refractivity contribution in [3.05, 3.63) is 34.3 Å². The Morgan fingerprint density at radius 1 is 1.44 bits per heavy atom. The smallest absolute Gasteiger partial charge is 0.165 e. The predicted octanol–water partition coefficient (Wildman–Crippen LogP) is 2.48. The van der Waals surface area contributed by atoms with E-state index in [0.717, 1.165) is 36.0 Å². The minimum absolute atomic E-state index is 0.158. The number of aliphatic hydroxyl groups is 1. The quantitative estimate of drug-likeness (QED) is 0.849. The second-order valence-corrected chi connectivity index (χ2v) is 5.52. The number of halogens is 1. The average molecular weight is 312 g/mol. The first-order valence-corrected chi connectivity index (χ1v) is 7.14. The molecule has 1 saturated heterocycles. The van der Waals surface area contributed by atoms with Gasteiger partial charge in [-0.1, -0.05) is 34.1 Å². The highest BCUT2D eigenvalue weighted by Crippen LogP contribution is 2.20. The van der Waals surface area contributed by atoms with Crippen LogP contribution < -0.4 is 0 Å². The first kappa shape index (κ1) is 13.7. The molecule has 1 aliphatic rings. The van der Waals surface area contributed by atoms with Crippen LogP contribution in [0.25, 0.3) is 0 Å². The molecule has 1 fully saturated rings. The Morgan fingerprint density at radius 3 is 2.94 bits per heavy atom. The highest BCUT2D eigenvalue weighted by molar-refractivity contribution is 9.10. The van der Waals surface area contributed by atoms with Crippen molar-refractivity contribution in [1.29, 1.82) is 0 Å². The van der Waals surface area contributed by atoms with Gasteiger partial charge in [-0.3, -0.25) is 9.69 Å². The van der Waals surface area contributed by atoms with E-state index in [1.807, 2.05) is 24.3 Å². The summed E-state index contributed by atoms with van der Waals surface area (Å²) in [6.45, 7) is 1.93. The third kappa shape index (κ3) is 3.19. The third-order valence-corrected chi connectivity index (χ3v) is 4.20. The highest BCUT2D eigenvalue weighted by atomic mass is 79.9. The van der Waals surface area contributed by atoms with E-state index in [1.165, 1.54) is 0 Å². The summed E-state index contributed by atoms with van der Waals surface area (Å²) in [5.74, 6) is 0.158. The molecule has 18 heavy (non-hydrogen) atoms. The molecule has 2 rings (SSSR count). The lowest BCUT2D eigenvalue weighted by Crippen LogP contribution is -2.33.